The van der Waals surface area contributed by atoms with Crippen molar-refractivity contribution in [3.8, 4) is 12.3 Å². The fourth-order valence-corrected chi connectivity index (χ4v) is 4.51. The number of alkyl halides is 1. The highest BCUT2D eigenvalue weighted by atomic mass is 35.5. The van der Waals surface area contributed by atoms with Gasteiger partial charge in [0.05, 0.1) is 10.0 Å². The molecule has 0 aromatic heterocycles. The van der Waals surface area contributed by atoms with E-state index in [-0.39, 0.29) is 23.9 Å². The first kappa shape index (κ1) is 27.2. The van der Waals surface area contributed by atoms with Crippen LogP contribution in [-0.2, 0) is 11.3 Å². The van der Waals surface area contributed by atoms with Crippen LogP contribution in [0, 0.1) is 12.3 Å². The van der Waals surface area contributed by atoms with E-state index in [0.717, 1.165) is 50.9 Å². The number of hydrogen-bond acceptors (Lipinski definition) is 3. The minimum atomic E-state index is -0.300. The lowest BCUT2D eigenvalue weighted by molar-refractivity contribution is -0.113. The topological polar surface area (TPSA) is 64.7 Å². The number of likely N-dealkylation sites (tertiary alicyclic amines) is 1. The summed E-state index contributed by atoms with van der Waals surface area (Å²) in [6, 6.07) is 12.2. The summed E-state index contributed by atoms with van der Waals surface area (Å²) in [5.41, 5.74) is 2.02. The van der Waals surface area contributed by atoms with Gasteiger partial charge in [-0.25, -0.2) is 4.79 Å². The largest absolute Gasteiger partial charge is 0.325 e. The van der Waals surface area contributed by atoms with Gasteiger partial charge >= 0.3 is 6.03 Å². The first-order valence-electron chi connectivity index (χ1n) is 11.5. The smallest absolute Gasteiger partial charge is 0.322 e. The van der Waals surface area contributed by atoms with E-state index in [9.17, 15) is 9.59 Å². The molecule has 2 aromatic rings. The Morgan fingerprint density at radius 2 is 1.83 bits per heavy atom. The van der Waals surface area contributed by atoms with Crippen LogP contribution in [-0.4, -0.2) is 53.3 Å². The Morgan fingerprint density at radius 3 is 2.51 bits per heavy atom. The van der Waals surface area contributed by atoms with E-state index in [1.807, 2.05) is 29.2 Å². The fraction of sp³-hybridized carbons (Fsp3) is 0.385. The van der Waals surface area contributed by atoms with Crippen LogP contribution in [0.4, 0.5) is 16.2 Å². The maximum absolute atomic E-state index is 13.5. The second-order valence-corrected chi connectivity index (χ2v) is 9.49. The fourth-order valence-electron chi connectivity index (χ4n) is 4.14. The molecule has 2 aromatic carbocycles. The summed E-state index contributed by atoms with van der Waals surface area (Å²) in [6.45, 7) is 3.06. The summed E-state index contributed by atoms with van der Waals surface area (Å²) in [4.78, 5) is 29.6. The first-order valence-corrected chi connectivity index (χ1v) is 12.8. The Labute approximate surface area is 221 Å². The van der Waals surface area contributed by atoms with Gasteiger partial charge in [0.2, 0.25) is 5.91 Å². The quantitative estimate of drug-likeness (QED) is 0.232. The standard InChI is InChI=1S/C26H29Cl3N4O2/c1-2-3-6-13-32-14-11-21(12-15-32)33(26(35)30-20-9-10-22(28)23(29)16-20)18-19-7-4-5-8-24(19)31-25(34)17-27/h1,4-5,7-10,16,21H,3,6,11-15,17-18H2,(H,30,35)(H,31,34). The lowest BCUT2D eigenvalue weighted by atomic mass is 10.0. The zero-order chi connectivity index (χ0) is 25.2. The number of amides is 3. The lowest BCUT2D eigenvalue weighted by Crippen LogP contribution is -2.48. The zero-order valence-corrected chi connectivity index (χ0v) is 21.7. The molecule has 186 valence electrons. The van der Waals surface area contributed by atoms with Crippen molar-refractivity contribution in [1.82, 2.24) is 9.80 Å². The molecular formula is C26H29Cl3N4O2. The Hall–Kier alpha value is -2.43. The molecular weight excluding hydrogens is 507 g/mol. The number of carbonyl (C=O) groups is 2. The number of halogens is 3. The molecule has 1 aliphatic rings. The molecule has 0 radical (unpaired) electrons. The summed E-state index contributed by atoms with van der Waals surface area (Å²) in [5, 5.41) is 6.56. The molecule has 1 heterocycles. The monoisotopic (exact) mass is 534 g/mol. The minimum absolute atomic E-state index is 0.0263. The van der Waals surface area contributed by atoms with E-state index < -0.39 is 0 Å². The number of carbonyl (C=O) groups excluding carboxylic acids is 2. The second kappa shape index (κ2) is 13.6. The van der Waals surface area contributed by atoms with Gasteiger partial charge in [-0.05, 0) is 55.6 Å². The van der Waals surface area contributed by atoms with E-state index in [4.69, 9.17) is 41.2 Å². The van der Waals surface area contributed by atoms with Crippen molar-refractivity contribution < 1.29 is 9.59 Å². The van der Waals surface area contributed by atoms with Crippen molar-refractivity contribution >= 4 is 58.1 Å². The number of hydrogen-bond donors (Lipinski definition) is 2. The van der Waals surface area contributed by atoms with Gasteiger partial charge in [0.1, 0.15) is 5.88 Å². The molecule has 3 amide bonds. The van der Waals surface area contributed by atoms with Crippen molar-refractivity contribution in [2.45, 2.75) is 38.3 Å². The van der Waals surface area contributed by atoms with Crippen LogP contribution < -0.4 is 10.6 Å². The van der Waals surface area contributed by atoms with Gasteiger partial charge in [-0.3, -0.25) is 4.79 Å². The number of rotatable bonds is 9. The summed E-state index contributed by atoms with van der Waals surface area (Å²) >= 11 is 17.8. The molecule has 0 spiro atoms. The lowest BCUT2D eigenvalue weighted by Gasteiger charge is -2.39. The molecule has 0 aliphatic carbocycles. The average molecular weight is 536 g/mol. The van der Waals surface area contributed by atoms with Gasteiger partial charge in [-0.15, -0.1) is 23.9 Å². The van der Waals surface area contributed by atoms with Crippen LogP contribution >= 0.6 is 34.8 Å². The molecule has 9 heteroatoms. The number of nitrogens with one attached hydrogen (secondary N) is 2. The van der Waals surface area contributed by atoms with Crippen molar-refractivity contribution in [3.63, 3.8) is 0 Å². The van der Waals surface area contributed by atoms with E-state index in [2.05, 4.69) is 21.5 Å². The summed E-state index contributed by atoms with van der Waals surface area (Å²) < 4.78 is 0. The maximum Gasteiger partial charge on any atom is 0.322 e. The number of terminal acetylenes is 1. The number of anilines is 2. The van der Waals surface area contributed by atoms with Crippen LogP contribution in [0.15, 0.2) is 42.5 Å². The number of benzene rings is 2. The summed E-state index contributed by atoms with van der Waals surface area (Å²) in [7, 11) is 0. The highest BCUT2D eigenvalue weighted by molar-refractivity contribution is 6.42. The minimum Gasteiger partial charge on any atom is -0.325 e. The summed E-state index contributed by atoms with van der Waals surface area (Å²) in [5.74, 6) is 2.24. The normalized spacial score (nSPS) is 14.2. The molecule has 35 heavy (non-hydrogen) atoms. The highest BCUT2D eigenvalue weighted by Crippen LogP contribution is 2.27. The van der Waals surface area contributed by atoms with Crippen molar-refractivity contribution in [3.05, 3.63) is 58.1 Å². The molecule has 0 bridgehead atoms. The van der Waals surface area contributed by atoms with Crippen LogP contribution in [0.2, 0.25) is 10.0 Å². The SMILES string of the molecule is C#CCCCN1CCC(N(Cc2ccccc2NC(=O)CCl)C(=O)Nc2ccc(Cl)c(Cl)c2)CC1. The summed E-state index contributed by atoms with van der Waals surface area (Å²) in [6.07, 6.45) is 8.78. The van der Waals surface area contributed by atoms with E-state index in [0.29, 0.717) is 28.0 Å². The molecule has 1 aliphatic heterocycles. The number of para-hydroxylation sites is 1. The molecule has 6 nitrogen and oxygen atoms in total. The molecule has 2 N–H and O–H groups in total. The number of nitrogens with zero attached hydrogens (tertiary/aromatic N) is 2. The van der Waals surface area contributed by atoms with Gasteiger partial charge in [0.15, 0.2) is 0 Å². The van der Waals surface area contributed by atoms with Gasteiger partial charge in [0.25, 0.3) is 0 Å². The van der Waals surface area contributed by atoms with E-state index in [1.54, 1.807) is 18.2 Å². The van der Waals surface area contributed by atoms with Crippen molar-refractivity contribution in [2.75, 3.05) is 36.1 Å². The third-order valence-electron chi connectivity index (χ3n) is 5.98. The van der Waals surface area contributed by atoms with Gasteiger partial charge in [0, 0.05) is 43.5 Å². The average Bonchev–Trinajstić information content (AvgIpc) is 2.86. The van der Waals surface area contributed by atoms with E-state index in [1.165, 1.54) is 0 Å². The Morgan fingerprint density at radius 1 is 1.09 bits per heavy atom. The Bertz CT molecular complexity index is 1060. The van der Waals surface area contributed by atoms with Crippen LogP contribution in [0.1, 0.15) is 31.2 Å². The zero-order valence-electron chi connectivity index (χ0n) is 19.4. The first-order chi connectivity index (χ1) is 16.9. The van der Waals surface area contributed by atoms with Gasteiger partial charge < -0.3 is 20.4 Å². The van der Waals surface area contributed by atoms with Crippen LogP contribution in [0.5, 0.6) is 0 Å². The second-order valence-electron chi connectivity index (χ2n) is 8.41. The van der Waals surface area contributed by atoms with Gasteiger partial charge in [-0.1, -0.05) is 41.4 Å². The molecule has 0 atom stereocenters. The van der Waals surface area contributed by atoms with Crippen LogP contribution in [0.25, 0.3) is 0 Å². The third-order valence-corrected chi connectivity index (χ3v) is 6.96. The Balaban J connectivity index is 1.78. The highest BCUT2D eigenvalue weighted by Gasteiger charge is 2.29. The van der Waals surface area contributed by atoms with Gasteiger partial charge in [-0.2, -0.15) is 0 Å². The third kappa shape index (κ3) is 8.05. The predicted octanol–water partition coefficient (Wildman–Crippen LogP) is 6.08. The molecule has 1 fully saturated rings. The Kier molecular flexibility index (Phi) is 10.6. The molecule has 0 saturated carbocycles. The number of urea groups is 1. The van der Waals surface area contributed by atoms with Crippen molar-refractivity contribution in [2.24, 2.45) is 0 Å². The molecule has 3 rings (SSSR count). The molecule has 1 saturated heterocycles. The molecule has 0 unspecified atom stereocenters. The van der Waals surface area contributed by atoms with Crippen LogP contribution in [0.3, 0.4) is 0 Å². The van der Waals surface area contributed by atoms with E-state index >= 15 is 0 Å². The number of piperidine rings is 1. The number of unbranched alkanes of at least 4 members (excludes halogenated alkanes) is 1. The predicted molar refractivity (Wildman–Crippen MR) is 144 cm³/mol. The van der Waals surface area contributed by atoms with Crippen molar-refractivity contribution in [1.29, 1.82) is 0 Å². The maximum atomic E-state index is 13.5.